The molecule has 0 radical (unpaired) electrons. The molecule has 1 aromatic heterocycles. The molecule has 0 aromatic carbocycles. The van der Waals surface area contributed by atoms with Crippen LogP contribution < -0.4 is 4.90 Å². The number of rotatable bonds is 3. The predicted octanol–water partition coefficient (Wildman–Crippen LogP) is 2.96. The van der Waals surface area contributed by atoms with Gasteiger partial charge in [0, 0.05) is 19.3 Å². The fraction of sp³-hybridized carbons (Fsp3) is 0.600. The van der Waals surface area contributed by atoms with E-state index < -0.39 is 5.97 Å². The van der Waals surface area contributed by atoms with E-state index in [1.807, 2.05) is 6.92 Å². The van der Waals surface area contributed by atoms with E-state index in [1.165, 1.54) is 0 Å². The SMILES string of the molecule is Cc1ccnc(N2CCC(C(C)C)CC2)c1C(=O)O. The van der Waals surface area contributed by atoms with Crippen LogP contribution in [0.25, 0.3) is 0 Å². The zero-order chi connectivity index (χ0) is 14.0. The Morgan fingerprint density at radius 3 is 2.58 bits per heavy atom. The number of carbonyl (C=O) groups is 1. The Kier molecular flexibility index (Phi) is 4.08. The lowest BCUT2D eigenvalue weighted by atomic mass is 9.86. The lowest BCUT2D eigenvalue weighted by Crippen LogP contribution is -2.36. The number of carboxylic acids is 1. The molecule has 0 spiro atoms. The molecule has 4 nitrogen and oxygen atoms in total. The van der Waals surface area contributed by atoms with Gasteiger partial charge in [-0.2, -0.15) is 0 Å². The summed E-state index contributed by atoms with van der Waals surface area (Å²) in [7, 11) is 0. The molecule has 1 aliphatic rings. The van der Waals surface area contributed by atoms with Gasteiger partial charge in [-0.3, -0.25) is 0 Å². The van der Waals surface area contributed by atoms with Crippen molar-refractivity contribution >= 4 is 11.8 Å². The number of hydrogen-bond acceptors (Lipinski definition) is 3. The average Bonchev–Trinajstić information content (AvgIpc) is 2.38. The third kappa shape index (κ3) is 2.88. The van der Waals surface area contributed by atoms with E-state index in [9.17, 15) is 9.90 Å². The first kappa shape index (κ1) is 13.8. The highest BCUT2D eigenvalue weighted by atomic mass is 16.4. The van der Waals surface area contributed by atoms with Gasteiger partial charge in [0.25, 0.3) is 0 Å². The van der Waals surface area contributed by atoms with Crippen molar-refractivity contribution in [2.75, 3.05) is 18.0 Å². The van der Waals surface area contributed by atoms with E-state index >= 15 is 0 Å². The standard InChI is InChI=1S/C15H22N2O2/c1-10(2)12-5-8-17(9-6-12)14-13(15(18)19)11(3)4-7-16-14/h4,7,10,12H,5-6,8-9H2,1-3H3,(H,18,19). The van der Waals surface area contributed by atoms with Crippen molar-refractivity contribution in [1.82, 2.24) is 4.98 Å². The summed E-state index contributed by atoms with van der Waals surface area (Å²) in [6.07, 6.45) is 3.93. The summed E-state index contributed by atoms with van der Waals surface area (Å²) in [5, 5.41) is 9.35. The van der Waals surface area contributed by atoms with E-state index in [1.54, 1.807) is 12.3 Å². The number of hydrogen-bond donors (Lipinski definition) is 1. The summed E-state index contributed by atoms with van der Waals surface area (Å²) < 4.78 is 0. The highest BCUT2D eigenvalue weighted by molar-refractivity contribution is 5.94. The summed E-state index contributed by atoms with van der Waals surface area (Å²) in [6, 6.07) is 1.76. The minimum absolute atomic E-state index is 0.352. The van der Waals surface area contributed by atoms with E-state index in [4.69, 9.17) is 0 Å². The third-order valence-corrected chi connectivity index (χ3v) is 4.14. The van der Waals surface area contributed by atoms with Crippen LogP contribution in [0, 0.1) is 18.8 Å². The van der Waals surface area contributed by atoms with Crippen LogP contribution in [-0.2, 0) is 0 Å². The monoisotopic (exact) mass is 262 g/mol. The summed E-state index contributed by atoms with van der Waals surface area (Å²) in [6.45, 7) is 8.15. The number of pyridine rings is 1. The molecule has 1 aromatic rings. The van der Waals surface area contributed by atoms with Crippen molar-refractivity contribution in [3.05, 3.63) is 23.4 Å². The van der Waals surface area contributed by atoms with Crippen LogP contribution in [0.4, 0.5) is 5.82 Å². The summed E-state index contributed by atoms with van der Waals surface area (Å²) >= 11 is 0. The third-order valence-electron chi connectivity index (χ3n) is 4.14. The summed E-state index contributed by atoms with van der Waals surface area (Å²) in [5.74, 6) is 1.20. The number of carboxylic acid groups (broad SMARTS) is 1. The molecular weight excluding hydrogens is 240 g/mol. The number of anilines is 1. The van der Waals surface area contributed by atoms with Gasteiger partial charge in [0.1, 0.15) is 11.4 Å². The number of aromatic nitrogens is 1. The maximum Gasteiger partial charge on any atom is 0.339 e. The fourth-order valence-electron chi connectivity index (χ4n) is 2.83. The predicted molar refractivity (Wildman–Crippen MR) is 75.7 cm³/mol. The smallest absolute Gasteiger partial charge is 0.339 e. The first-order valence-electron chi connectivity index (χ1n) is 6.94. The molecule has 2 heterocycles. The van der Waals surface area contributed by atoms with Gasteiger partial charge in [-0.15, -0.1) is 0 Å². The lowest BCUT2D eigenvalue weighted by molar-refractivity contribution is 0.0696. The molecule has 104 valence electrons. The molecule has 0 atom stereocenters. The van der Waals surface area contributed by atoms with Crippen molar-refractivity contribution in [1.29, 1.82) is 0 Å². The van der Waals surface area contributed by atoms with Gasteiger partial charge >= 0.3 is 5.97 Å². The highest BCUT2D eigenvalue weighted by Crippen LogP contribution is 2.29. The van der Waals surface area contributed by atoms with Crippen LogP contribution in [-0.4, -0.2) is 29.1 Å². The number of aromatic carboxylic acids is 1. The Bertz CT molecular complexity index is 463. The van der Waals surface area contributed by atoms with Gasteiger partial charge < -0.3 is 10.0 Å². The highest BCUT2D eigenvalue weighted by Gasteiger charge is 2.25. The normalized spacial score (nSPS) is 16.9. The van der Waals surface area contributed by atoms with Crippen LogP contribution in [0.3, 0.4) is 0 Å². The Morgan fingerprint density at radius 1 is 1.42 bits per heavy atom. The van der Waals surface area contributed by atoms with Crippen LogP contribution in [0.5, 0.6) is 0 Å². The number of aryl methyl sites for hydroxylation is 1. The molecule has 1 N–H and O–H groups in total. The molecule has 0 unspecified atom stereocenters. The van der Waals surface area contributed by atoms with Crippen molar-refractivity contribution in [3.63, 3.8) is 0 Å². The van der Waals surface area contributed by atoms with E-state index in [0.29, 0.717) is 17.3 Å². The van der Waals surface area contributed by atoms with Crippen molar-refractivity contribution < 1.29 is 9.90 Å². The fourth-order valence-corrected chi connectivity index (χ4v) is 2.83. The Morgan fingerprint density at radius 2 is 2.05 bits per heavy atom. The number of nitrogens with zero attached hydrogens (tertiary/aromatic N) is 2. The van der Waals surface area contributed by atoms with Gasteiger partial charge in [0.15, 0.2) is 0 Å². The second-order valence-electron chi connectivity index (χ2n) is 5.70. The molecule has 0 amide bonds. The van der Waals surface area contributed by atoms with Gasteiger partial charge in [-0.25, -0.2) is 9.78 Å². The van der Waals surface area contributed by atoms with Crippen molar-refractivity contribution in [2.24, 2.45) is 11.8 Å². The number of piperidine rings is 1. The Hall–Kier alpha value is -1.58. The van der Waals surface area contributed by atoms with E-state index in [0.717, 1.165) is 37.4 Å². The van der Waals surface area contributed by atoms with E-state index in [2.05, 4.69) is 23.7 Å². The molecule has 19 heavy (non-hydrogen) atoms. The second-order valence-corrected chi connectivity index (χ2v) is 5.70. The molecule has 1 saturated heterocycles. The molecule has 1 fully saturated rings. The minimum atomic E-state index is -0.883. The average molecular weight is 262 g/mol. The largest absolute Gasteiger partial charge is 0.478 e. The summed E-state index contributed by atoms with van der Waals surface area (Å²) in [4.78, 5) is 17.8. The summed E-state index contributed by atoms with van der Waals surface area (Å²) in [5.41, 5.74) is 1.13. The maximum atomic E-state index is 11.4. The molecule has 1 aliphatic heterocycles. The molecule has 2 rings (SSSR count). The molecule has 4 heteroatoms. The second kappa shape index (κ2) is 5.59. The molecular formula is C15H22N2O2. The molecule has 0 bridgehead atoms. The quantitative estimate of drug-likeness (QED) is 0.910. The van der Waals surface area contributed by atoms with Gasteiger partial charge in [-0.1, -0.05) is 13.8 Å². The van der Waals surface area contributed by atoms with Crippen LogP contribution in [0.1, 0.15) is 42.6 Å². The first-order valence-corrected chi connectivity index (χ1v) is 6.94. The van der Waals surface area contributed by atoms with Crippen molar-refractivity contribution in [2.45, 2.75) is 33.6 Å². The maximum absolute atomic E-state index is 11.4. The van der Waals surface area contributed by atoms with E-state index in [-0.39, 0.29) is 0 Å². The zero-order valence-electron chi connectivity index (χ0n) is 11.9. The lowest BCUT2D eigenvalue weighted by Gasteiger charge is -2.35. The first-order chi connectivity index (χ1) is 9.00. The molecule has 0 saturated carbocycles. The van der Waals surface area contributed by atoms with Crippen molar-refractivity contribution in [3.8, 4) is 0 Å². The minimum Gasteiger partial charge on any atom is -0.478 e. The van der Waals surface area contributed by atoms with Gasteiger partial charge in [-0.05, 0) is 43.2 Å². The Labute approximate surface area is 114 Å². The van der Waals surface area contributed by atoms with Crippen LogP contribution >= 0.6 is 0 Å². The van der Waals surface area contributed by atoms with Crippen LogP contribution in [0.2, 0.25) is 0 Å². The van der Waals surface area contributed by atoms with Crippen LogP contribution in [0.15, 0.2) is 12.3 Å². The zero-order valence-corrected chi connectivity index (χ0v) is 11.9. The topological polar surface area (TPSA) is 53.4 Å². The van der Waals surface area contributed by atoms with Gasteiger partial charge in [0.05, 0.1) is 0 Å². The Balaban J connectivity index is 2.20. The van der Waals surface area contributed by atoms with Gasteiger partial charge in [0.2, 0.25) is 0 Å². The molecule has 0 aliphatic carbocycles.